The van der Waals surface area contributed by atoms with Gasteiger partial charge in [0, 0.05) is 13.1 Å². The van der Waals surface area contributed by atoms with Crippen molar-refractivity contribution in [1.82, 2.24) is 9.21 Å². The van der Waals surface area contributed by atoms with Gasteiger partial charge in [-0.1, -0.05) is 88.7 Å². The Hall–Kier alpha value is -3.75. The molecule has 8 heteroatoms. The van der Waals surface area contributed by atoms with Gasteiger partial charge in [0.15, 0.2) is 5.43 Å². The molecule has 0 bridgehead atoms. The van der Waals surface area contributed by atoms with Crippen LogP contribution in [0.4, 0.5) is 0 Å². The van der Waals surface area contributed by atoms with E-state index in [2.05, 4.69) is 20.8 Å². The lowest BCUT2D eigenvalue weighted by molar-refractivity contribution is -0.132. The van der Waals surface area contributed by atoms with E-state index in [1.807, 2.05) is 69.3 Å². The van der Waals surface area contributed by atoms with Gasteiger partial charge in [-0.05, 0) is 60.1 Å². The van der Waals surface area contributed by atoms with Crippen molar-refractivity contribution in [2.45, 2.75) is 71.4 Å². The second-order valence-corrected chi connectivity index (χ2v) is 14.6. The minimum absolute atomic E-state index is 0.0156. The van der Waals surface area contributed by atoms with Crippen molar-refractivity contribution in [2.75, 3.05) is 13.1 Å². The van der Waals surface area contributed by atoms with E-state index < -0.39 is 15.9 Å². The highest BCUT2D eigenvalue weighted by Gasteiger charge is 2.29. The molecule has 0 aliphatic heterocycles. The summed E-state index contributed by atoms with van der Waals surface area (Å²) in [5, 5.41) is 0.449. The molecular formula is C35H42N2O5S. The highest BCUT2D eigenvalue weighted by atomic mass is 32.2. The number of hydrogen-bond acceptors (Lipinski definition) is 5. The number of sulfonamides is 1. The van der Waals surface area contributed by atoms with E-state index in [9.17, 15) is 18.0 Å². The number of rotatable bonds is 11. The molecule has 0 saturated carbocycles. The van der Waals surface area contributed by atoms with Gasteiger partial charge in [0.05, 0.1) is 35.2 Å². The first-order chi connectivity index (χ1) is 20.3. The number of nitrogens with zero attached hydrogens (tertiary/aromatic N) is 2. The van der Waals surface area contributed by atoms with Gasteiger partial charge < -0.3 is 9.32 Å². The van der Waals surface area contributed by atoms with Gasteiger partial charge in [-0.2, -0.15) is 4.31 Å². The zero-order chi connectivity index (χ0) is 31.4. The first-order valence-electron chi connectivity index (χ1n) is 14.7. The largest absolute Gasteiger partial charge is 0.464 e. The quantitative estimate of drug-likeness (QED) is 0.192. The molecule has 4 aromatic rings. The Morgan fingerprint density at radius 1 is 0.930 bits per heavy atom. The van der Waals surface area contributed by atoms with Crippen molar-refractivity contribution >= 4 is 26.9 Å². The Bertz CT molecular complexity index is 1720. The summed E-state index contributed by atoms with van der Waals surface area (Å²) < 4.78 is 34.8. The standard InChI is InChI=1S/C35H42N2O5S/c1-25(2)18-19-37(43(40,41)30-15-13-29(14-16-30)35(4,5)6)23-33(38)36(21-27-10-8-7-9-11-27)22-28-24-42-32-17-12-26(3)20-31(32)34(28)39/h7-17,20,24-25H,18-19,21-23H2,1-6H3. The number of fused-ring (bicyclic) bond motifs is 1. The van der Waals surface area contributed by atoms with E-state index in [4.69, 9.17) is 4.42 Å². The summed E-state index contributed by atoms with van der Waals surface area (Å²) in [7, 11) is -3.97. The third-order valence-corrected chi connectivity index (χ3v) is 9.41. The molecule has 7 nitrogen and oxygen atoms in total. The Kier molecular flexibility index (Phi) is 9.93. The van der Waals surface area contributed by atoms with Gasteiger partial charge in [-0.25, -0.2) is 8.42 Å². The minimum atomic E-state index is -3.97. The van der Waals surface area contributed by atoms with Crippen LogP contribution in [0.3, 0.4) is 0 Å². The summed E-state index contributed by atoms with van der Waals surface area (Å²) >= 11 is 0. The van der Waals surface area contributed by atoms with Crippen LogP contribution < -0.4 is 5.43 Å². The molecule has 4 rings (SSSR count). The maximum atomic E-state index is 14.0. The number of aryl methyl sites for hydroxylation is 1. The Morgan fingerprint density at radius 2 is 1.60 bits per heavy atom. The molecule has 228 valence electrons. The molecule has 1 amide bonds. The monoisotopic (exact) mass is 602 g/mol. The third kappa shape index (κ3) is 8.00. The van der Waals surface area contributed by atoms with Crippen LogP contribution in [0.25, 0.3) is 11.0 Å². The molecule has 3 aromatic carbocycles. The molecule has 0 unspecified atom stereocenters. The molecule has 0 aliphatic carbocycles. The van der Waals surface area contributed by atoms with E-state index >= 15 is 0 Å². The van der Waals surface area contributed by atoms with Gasteiger partial charge in [-0.3, -0.25) is 9.59 Å². The van der Waals surface area contributed by atoms with Gasteiger partial charge in [0.1, 0.15) is 5.58 Å². The Balaban J connectivity index is 1.68. The van der Waals surface area contributed by atoms with E-state index in [0.717, 1.165) is 16.7 Å². The Labute approximate surface area is 255 Å². The number of carbonyl (C=O) groups is 1. The number of benzene rings is 3. The molecule has 0 fully saturated rings. The van der Waals surface area contributed by atoms with Crippen molar-refractivity contribution in [2.24, 2.45) is 5.92 Å². The maximum Gasteiger partial charge on any atom is 0.243 e. The fourth-order valence-electron chi connectivity index (χ4n) is 4.85. The molecule has 0 atom stereocenters. The summed E-state index contributed by atoms with van der Waals surface area (Å²) in [6.07, 6.45) is 1.99. The summed E-state index contributed by atoms with van der Waals surface area (Å²) in [4.78, 5) is 29.1. The molecule has 1 aromatic heterocycles. The lowest BCUT2D eigenvalue weighted by Crippen LogP contribution is -2.43. The number of amides is 1. The summed E-state index contributed by atoms with van der Waals surface area (Å²) in [6.45, 7) is 12.2. The lowest BCUT2D eigenvalue weighted by atomic mass is 9.87. The predicted molar refractivity (Wildman–Crippen MR) is 171 cm³/mol. The predicted octanol–water partition coefficient (Wildman–Crippen LogP) is 6.66. The summed E-state index contributed by atoms with van der Waals surface area (Å²) in [5.74, 6) is -0.159. The van der Waals surface area contributed by atoms with Crippen LogP contribution in [0.2, 0.25) is 0 Å². The van der Waals surface area contributed by atoms with Crippen LogP contribution in [-0.2, 0) is 33.3 Å². The Morgan fingerprint density at radius 3 is 2.23 bits per heavy atom. The highest BCUT2D eigenvalue weighted by molar-refractivity contribution is 7.89. The number of carbonyl (C=O) groups excluding carboxylic acids is 1. The topological polar surface area (TPSA) is 87.9 Å². The second-order valence-electron chi connectivity index (χ2n) is 12.6. The van der Waals surface area contributed by atoms with Gasteiger partial charge in [-0.15, -0.1) is 0 Å². The fourth-order valence-corrected chi connectivity index (χ4v) is 6.25. The lowest BCUT2D eigenvalue weighted by Gasteiger charge is -2.28. The van der Waals surface area contributed by atoms with Crippen LogP contribution in [0.15, 0.2) is 93.2 Å². The highest BCUT2D eigenvalue weighted by Crippen LogP contribution is 2.25. The zero-order valence-electron chi connectivity index (χ0n) is 26.0. The third-order valence-electron chi connectivity index (χ3n) is 7.56. The van der Waals surface area contributed by atoms with Crippen molar-refractivity contribution in [3.05, 3.63) is 112 Å². The molecular weight excluding hydrogens is 560 g/mol. The van der Waals surface area contributed by atoms with Crippen LogP contribution in [0.1, 0.15) is 63.3 Å². The molecule has 1 heterocycles. The second kappa shape index (κ2) is 13.3. The summed E-state index contributed by atoms with van der Waals surface area (Å²) in [6, 6.07) is 21.8. The van der Waals surface area contributed by atoms with E-state index in [1.54, 1.807) is 24.3 Å². The molecule has 0 aliphatic rings. The van der Waals surface area contributed by atoms with Gasteiger partial charge in [0.25, 0.3) is 0 Å². The van der Waals surface area contributed by atoms with Crippen LogP contribution in [0.5, 0.6) is 0 Å². The SMILES string of the molecule is Cc1ccc2occ(CN(Cc3ccccc3)C(=O)CN(CCC(C)C)S(=O)(=O)c3ccc(C(C)(C)C)cc3)c(=O)c2c1. The van der Waals surface area contributed by atoms with Crippen molar-refractivity contribution in [3.8, 4) is 0 Å². The molecule has 0 radical (unpaired) electrons. The molecule has 0 saturated heterocycles. The molecule has 43 heavy (non-hydrogen) atoms. The number of hydrogen-bond donors (Lipinski definition) is 0. The smallest absolute Gasteiger partial charge is 0.243 e. The summed E-state index contributed by atoms with van der Waals surface area (Å²) in [5.41, 5.74) is 3.29. The molecule has 0 spiro atoms. The zero-order valence-corrected chi connectivity index (χ0v) is 26.8. The normalized spacial score (nSPS) is 12.3. The van der Waals surface area contributed by atoms with Crippen molar-refractivity contribution in [1.29, 1.82) is 0 Å². The van der Waals surface area contributed by atoms with Crippen molar-refractivity contribution < 1.29 is 17.6 Å². The first kappa shape index (κ1) is 32.2. The van der Waals surface area contributed by atoms with E-state index in [-0.39, 0.29) is 47.8 Å². The van der Waals surface area contributed by atoms with Crippen LogP contribution in [-0.4, -0.2) is 36.6 Å². The van der Waals surface area contributed by atoms with Crippen LogP contribution in [0, 0.1) is 12.8 Å². The average molecular weight is 603 g/mol. The molecule has 0 N–H and O–H groups in total. The van der Waals surface area contributed by atoms with Crippen LogP contribution >= 0.6 is 0 Å². The average Bonchev–Trinajstić information content (AvgIpc) is 2.96. The first-order valence-corrected chi connectivity index (χ1v) is 16.1. The van der Waals surface area contributed by atoms with E-state index in [1.165, 1.54) is 15.5 Å². The maximum absolute atomic E-state index is 14.0. The van der Waals surface area contributed by atoms with E-state index in [0.29, 0.717) is 23.0 Å². The minimum Gasteiger partial charge on any atom is -0.464 e. The van der Waals surface area contributed by atoms with Gasteiger partial charge in [0.2, 0.25) is 15.9 Å². The van der Waals surface area contributed by atoms with Crippen molar-refractivity contribution in [3.63, 3.8) is 0 Å². The van der Waals surface area contributed by atoms with Gasteiger partial charge >= 0.3 is 0 Å². The fraction of sp³-hybridized carbons (Fsp3) is 0.371.